The molecule has 1 fully saturated rings. The Hall–Kier alpha value is -1.02. The number of nitrogens with zero attached hydrogens (tertiary/aromatic N) is 3. The van der Waals surface area contributed by atoms with E-state index in [1.54, 1.807) is 10.8 Å². The van der Waals surface area contributed by atoms with E-state index >= 15 is 0 Å². The molecule has 4 unspecified atom stereocenters. The normalized spacial score (nSPS) is 30.2. The van der Waals surface area contributed by atoms with Gasteiger partial charge in [0.05, 0.1) is 0 Å². The molecule has 0 saturated carbocycles. The summed E-state index contributed by atoms with van der Waals surface area (Å²) in [6.07, 6.45) is -0.515. The number of fused-ring (bicyclic) bond motifs is 1. The zero-order valence-electron chi connectivity index (χ0n) is 10.7. The molecule has 3 N–H and O–H groups in total. The van der Waals surface area contributed by atoms with E-state index in [2.05, 4.69) is 15.8 Å². The van der Waals surface area contributed by atoms with Crippen molar-refractivity contribution in [2.45, 2.75) is 30.4 Å². The van der Waals surface area contributed by atoms with Crippen LogP contribution in [0.3, 0.4) is 0 Å². The Morgan fingerprint density at radius 3 is 2.80 bits per heavy atom. The van der Waals surface area contributed by atoms with Crippen molar-refractivity contribution < 1.29 is 20.1 Å². The van der Waals surface area contributed by atoms with Crippen LogP contribution in [0.1, 0.15) is 6.23 Å². The average Bonchev–Trinajstić information content (AvgIpc) is 3.01. The Balaban J connectivity index is 2.03. The summed E-state index contributed by atoms with van der Waals surface area (Å²) in [4.78, 5) is 8.47. The Kier molecular flexibility index (Phi) is 3.76. The third kappa shape index (κ3) is 2.05. The molecule has 2 aromatic heterocycles. The van der Waals surface area contributed by atoms with Crippen LogP contribution in [0.4, 0.5) is 0 Å². The molecule has 20 heavy (non-hydrogen) atoms. The third-order valence-electron chi connectivity index (χ3n) is 3.46. The van der Waals surface area contributed by atoms with Crippen LogP contribution in [0.25, 0.3) is 11.0 Å². The Bertz CT molecular complexity index is 620. The minimum absolute atomic E-state index is 0.232. The van der Waals surface area contributed by atoms with Gasteiger partial charge >= 0.3 is 121 Å². The monoisotopic (exact) mass is 345 g/mol. The van der Waals surface area contributed by atoms with Gasteiger partial charge in [0.15, 0.2) is 0 Å². The number of ether oxygens (including phenoxy) is 1. The summed E-state index contributed by atoms with van der Waals surface area (Å²) < 4.78 is 8.17. The van der Waals surface area contributed by atoms with Crippen LogP contribution >= 0.6 is 0 Å². The molecule has 108 valence electrons. The van der Waals surface area contributed by atoms with Crippen molar-refractivity contribution in [2.24, 2.45) is 0 Å². The van der Waals surface area contributed by atoms with Crippen LogP contribution in [0, 0.1) is 0 Å². The molecule has 2 aromatic rings. The topological polar surface area (TPSA) is 101 Å². The van der Waals surface area contributed by atoms with Gasteiger partial charge in [-0.05, 0) is 0 Å². The Morgan fingerprint density at radius 1 is 1.35 bits per heavy atom. The quantitative estimate of drug-likeness (QED) is 0.581. The molecule has 1 aliphatic rings. The number of hydrogen-bond acceptors (Lipinski definition) is 6. The predicted octanol–water partition coefficient (Wildman–Crippen LogP) is -1.58. The molecule has 0 bridgehead atoms. The van der Waals surface area contributed by atoms with E-state index in [9.17, 15) is 10.2 Å². The fraction of sp³-hybridized carbons (Fsp3) is 0.500. The summed E-state index contributed by atoms with van der Waals surface area (Å²) in [5.74, 6) is 2.07. The van der Waals surface area contributed by atoms with Crippen LogP contribution in [-0.4, -0.2) is 69.7 Å². The zero-order valence-corrected chi connectivity index (χ0v) is 12.5. The van der Waals surface area contributed by atoms with Gasteiger partial charge in [-0.25, -0.2) is 0 Å². The molecule has 3 rings (SSSR count). The van der Waals surface area contributed by atoms with E-state index < -0.39 is 24.5 Å². The molecule has 0 aliphatic carbocycles. The first-order valence-corrected chi connectivity index (χ1v) is 8.72. The average molecular weight is 344 g/mol. The van der Waals surface area contributed by atoms with Crippen molar-refractivity contribution in [1.82, 2.24) is 14.5 Å². The van der Waals surface area contributed by atoms with E-state index in [1.165, 1.54) is 6.33 Å². The molecule has 0 amide bonds. The summed E-state index contributed by atoms with van der Waals surface area (Å²) in [6.45, 7) is -0.341. The molecule has 0 spiro atoms. The van der Waals surface area contributed by atoms with Crippen LogP contribution < -0.4 is 4.59 Å². The standard InChI is InChI=1S/C12H15N3O4Se/c1-20-11-6-2-3-15(10(6)13-5-14-11)12-9(18)8(17)7(4-16)19-12/h2-3,5,7-9,12,16-18H,4H2,1H3. The van der Waals surface area contributed by atoms with Gasteiger partial charge in [-0.15, -0.1) is 0 Å². The van der Waals surface area contributed by atoms with E-state index in [0.717, 1.165) is 9.98 Å². The predicted molar refractivity (Wildman–Crippen MR) is 71.8 cm³/mol. The van der Waals surface area contributed by atoms with Crippen LogP contribution in [0.15, 0.2) is 18.6 Å². The molecular formula is C12H15N3O4Se. The summed E-state index contributed by atoms with van der Waals surface area (Å²) in [5.41, 5.74) is 0.661. The summed E-state index contributed by atoms with van der Waals surface area (Å²) >= 11 is 0.232. The van der Waals surface area contributed by atoms with Crippen LogP contribution in [-0.2, 0) is 4.74 Å². The molecule has 7 nitrogen and oxygen atoms in total. The van der Waals surface area contributed by atoms with Gasteiger partial charge in [0.2, 0.25) is 0 Å². The van der Waals surface area contributed by atoms with Crippen molar-refractivity contribution in [3.8, 4) is 0 Å². The molecule has 0 aromatic carbocycles. The molecule has 4 atom stereocenters. The second-order valence-corrected chi connectivity index (χ2v) is 6.24. The first kappa shape index (κ1) is 13.9. The van der Waals surface area contributed by atoms with Gasteiger partial charge in [-0.3, -0.25) is 0 Å². The van der Waals surface area contributed by atoms with Crippen molar-refractivity contribution in [2.75, 3.05) is 6.61 Å². The van der Waals surface area contributed by atoms with Crippen molar-refractivity contribution in [1.29, 1.82) is 0 Å². The van der Waals surface area contributed by atoms with Crippen molar-refractivity contribution >= 4 is 30.6 Å². The minimum atomic E-state index is -1.11. The van der Waals surface area contributed by atoms with Crippen LogP contribution in [0.5, 0.6) is 0 Å². The summed E-state index contributed by atoms with van der Waals surface area (Å²) in [7, 11) is 0. The van der Waals surface area contributed by atoms with Gasteiger partial charge in [-0.1, -0.05) is 0 Å². The second-order valence-electron chi connectivity index (χ2n) is 4.57. The van der Waals surface area contributed by atoms with Crippen LogP contribution in [0.2, 0.25) is 5.82 Å². The van der Waals surface area contributed by atoms with Gasteiger partial charge < -0.3 is 0 Å². The Labute approximate surface area is 121 Å². The van der Waals surface area contributed by atoms with E-state index in [1.807, 2.05) is 6.07 Å². The van der Waals surface area contributed by atoms with E-state index in [-0.39, 0.29) is 21.6 Å². The van der Waals surface area contributed by atoms with Crippen molar-refractivity contribution in [3.05, 3.63) is 18.6 Å². The summed E-state index contributed by atoms with van der Waals surface area (Å²) in [6, 6.07) is 1.88. The fourth-order valence-electron chi connectivity index (χ4n) is 2.43. The maximum atomic E-state index is 10.1. The number of rotatable bonds is 3. The molecular weight excluding hydrogens is 329 g/mol. The van der Waals surface area contributed by atoms with Gasteiger partial charge in [0.25, 0.3) is 0 Å². The molecule has 8 heteroatoms. The number of hydrogen-bond donors (Lipinski definition) is 3. The van der Waals surface area contributed by atoms with E-state index in [4.69, 9.17) is 9.84 Å². The van der Waals surface area contributed by atoms with Gasteiger partial charge in [0.1, 0.15) is 0 Å². The first-order valence-electron chi connectivity index (χ1n) is 6.15. The van der Waals surface area contributed by atoms with Crippen molar-refractivity contribution in [3.63, 3.8) is 0 Å². The van der Waals surface area contributed by atoms with Gasteiger partial charge in [0, 0.05) is 0 Å². The SMILES string of the molecule is C[Se]c1ncnc2c1ccn2C1OC(CO)C(O)C1O. The summed E-state index contributed by atoms with van der Waals surface area (Å²) in [5, 5.41) is 30.0. The Morgan fingerprint density at radius 2 is 2.15 bits per heavy atom. The van der Waals surface area contributed by atoms with E-state index in [0.29, 0.717) is 5.65 Å². The number of aliphatic hydroxyl groups is 3. The third-order valence-corrected chi connectivity index (χ3v) is 4.95. The number of aliphatic hydroxyl groups excluding tert-OH is 3. The van der Waals surface area contributed by atoms with Gasteiger partial charge in [-0.2, -0.15) is 0 Å². The molecule has 3 heterocycles. The maximum absolute atomic E-state index is 10.1. The number of aromatic nitrogens is 3. The molecule has 1 aliphatic heterocycles. The molecule has 1 saturated heterocycles. The zero-order chi connectivity index (χ0) is 14.3. The second kappa shape index (κ2) is 5.40. The molecule has 0 radical (unpaired) electrons. The first-order chi connectivity index (χ1) is 9.67. The fourth-order valence-corrected chi connectivity index (χ4v) is 3.54.